The largest absolute Gasteiger partial charge is 0.481 e. The average molecular weight is 262 g/mol. The van der Waals surface area contributed by atoms with Gasteiger partial charge in [0.2, 0.25) is 0 Å². The molecule has 0 aliphatic heterocycles. The van der Waals surface area contributed by atoms with E-state index < -0.39 is 6.10 Å². The minimum absolute atomic E-state index is 0.249. The molecule has 1 amide bonds. The summed E-state index contributed by atoms with van der Waals surface area (Å²) in [7, 11) is 0. The van der Waals surface area contributed by atoms with Crippen molar-refractivity contribution in [3.8, 4) is 5.75 Å². The van der Waals surface area contributed by atoms with Crippen LogP contribution in [0.15, 0.2) is 29.4 Å². The van der Waals surface area contributed by atoms with Crippen LogP contribution in [0.25, 0.3) is 0 Å². The van der Waals surface area contributed by atoms with Crippen molar-refractivity contribution in [1.82, 2.24) is 5.43 Å². The third kappa shape index (κ3) is 6.04. The molecule has 0 saturated carbocycles. The fourth-order valence-electron chi connectivity index (χ4n) is 1.34. The van der Waals surface area contributed by atoms with Gasteiger partial charge >= 0.3 is 0 Å². The molecule has 0 heterocycles. The Morgan fingerprint density at radius 3 is 2.53 bits per heavy atom. The predicted octanol–water partition coefficient (Wildman–Crippen LogP) is 2.91. The van der Waals surface area contributed by atoms with Crippen LogP contribution in [-0.4, -0.2) is 18.2 Å². The fourth-order valence-corrected chi connectivity index (χ4v) is 1.34. The Hall–Kier alpha value is -1.84. The van der Waals surface area contributed by atoms with Gasteiger partial charge in [0.25, 0.3) is 5.91 Å². The number of benzene rings is 1. The third-order valence-electron chi connectivity index (χ3n) is 2.55. The molecular weight excluding hydrogens is 240 g/mol. The molecule has 0 aliphatic rings. The van der Waals surface area contributed by atoms with Crippen LogP contribution >= 0.6 is 0 Å². The molecule has 0 radical (unpaired) electrons. The lowest BCUT2D eigenvalue weighted by molar-refractivity contribution is -0.127. The first-order chi connectivity index (χ1) is 8.99. The highest BCUT2D eigenvalue weighted by molar-refractivity contribution is 5.81. The second-order valence-electron chi connectivity index (χ2n) is 4.99. The van der Waals surface area contributed by atoms with E-state index in [4.69, 9.17) is 4.74 Å². The van der Waals surface area contributed by atoms with Gasteiger partial charge in [-0.1, -0.05) is 31.5 Å². The molecule has 0 bridgehead atoms. The van der Waals surface area contributed by atoms with Gasteiger partial charge in [-0.3, -0.25) is 4.79 Å². The number of aryl methyl sites for hydroxylation is 1. The zero-order valence-electron chi connectivity index (χ0n) is 12.0. The van der Waals surface area contributed by atoms with Gasteiger partial charge in [-0.2, -0.15) is 5.10 Å². The lowest BCUT2D eigenvalue weighted by atomic mass is 10.2. The summed E-state index contributed by atoms with van der Waals surface area (Å²) < 4.78 is 5.52. The molecule has 1 unspecified atom stereocenters. The van der Waals surface area contributed by atoms with E-state index in [0.717, 1.165) is 12.0 Å². The molecule has 0 spiro atoms. The first-order valence-electron chi connectivity index (χ1n) is 6.53. The molecule has 1 N–H and O–H groups in total. The SMILES string of the molecule is Cc1ccc(OC(C)C(=O)NN=CCC(C)C)cc1. The lowest BCUT2D eigenvalue weighted by Crippen LogP contribution is -2.33. The molecule has 0 fully saturated rings. The second-order valence-corrected chi connectivity index (χ2v) is 4.99. The first-order valence-corrected chi connectivity index (χ1v) is 6.53. The summed E-state index contributed by atoms with van der Waals surface area (Å²) in [6, 6.07) is 7.59. The van der Waals surface area contributed by atoms with Crippen molar-refractivity contribution in [2.75, 3.05) is 0 Å². The molecule has 1 atom stereocenters. The molecule has 1 rings (SSSR count). The Kier molecular flexibility index (Phi) is 6.06. The van der Waals surface area contributed by atoms with Crippen molar-refractivity contribution >= 4 is 12.1 Å². The Morgan fingerprint density at radius 1 is 1.32 bits per heavy atom. The highest BCUT2D eigenvalue weighted by atomic mass is 16.5. The summed E-state index contributed by atoms with van der Waals surface area (Å²) in [5, 5.41) is 3.88. The van der Waals surface area contributed by atoms with Crippen molar-refractivity contribution in [1.29, 1.82) is 0 Å². The summed E-state index contributed by atoms with van der Waals surface area (Å²) >= 11 is 0. The maximum atomic E-state index is 11.7. The number of ether oxygens (including phenoxy) is 1. The number of hydrogen-bond donors (Lipinski definition) is 1. The van der Waals surface area contributed by atoms with Crippen LogP contribution in [-0.2, 0) is 4.79 Å². The Morgan fingerprint density at radius 2 is 1.95 bits per heavy atom. The zero-order valence-corrected chi connectivity index (χ0v) is 12.0. The minimum Gasteiger partial charge on any atom is -0.481 e. The first kappa shape index (κ1) is 15.2. The molecule has 1 aromatic carbocycles. The molecule has 4 heteroatoms. The van der Waals surface area contributed by atoms with Gasteiger partial charge in [0.15, 0.2) is 6.10 Å². The predicted molar refractivity (Wildman–Crippen MR) is 77.4 cm³/mol. The van der Waals surface area contributed by atoms with E-state index in [2.05, 4.69) is 24.4 Å². The minimum atomic E-state index is -0.570. The molecule has 0 aromatic heterocycles. The lowest BCUT2D eigenvalue weighted by Gasteiger charge is -2.12. The van der Waals surface area contributed by atoms with E-state index >= 15 is 0 Å². The van der Waals surface area contributed by atoms with Gasteiger partial charge in [-0.25, -0.2) is 5.43 Å². The van der Waals surface area contributed by atoms with Gasteiger partial charge in [-0.15, -0.1) is 0 Å². The summed E-state index contributed by atoms with van der Waals surface area (Å²) in [6.07, 6.45) is 1.98. The van der Waals surface area contributed by atoms with Gasteiger partial charge in [0.1, 0.15) is 5.75 Å². The van der Waals surface area contributed by atoms with E-state index in [9.17, 15) is 4.79 Å². The summed E-state index contributed by atoms with van der Waals surface area (Å²) in [4.78, 5) is 11.7. The number of hydrogen-bond acceptors (Lipinski definition) is 3. The fraction of sp³-hybridized carbons (Fsp3) is 0.467. The van der Waals surface area contributed by atoms with Gasteiger partial charge in [-0.05, 0) is 38.3 Å². The zero-order chi connectivity index (χ0) is 14.3. The molecule has 1 aromatic rings. The number of carbonyl (C=O) groups is 1. The van der Waals surface area contributed by atoms with E-state index in [-0.39, 0.29) is 5.91 Å². The van der Waals surface area contributed by atoms with Crippen LogP contribution < -0.4 is 10.2 Å². The average Bonchev–Trinajstić information content (AvgIpc) is 2.36. The van der Waals surface area contributed by atoms with Crippen LogP contribution in [0.2, 0.25) is 0 Å². The monoisotopic (exact) mass is 262 g/mol. The van der Waals surface area contributed by atoms with Gasteiger partial charge < -0.3 is 4.74 Å². The highest BCUT2D eigenvalue weighted by Gasteiger charge is 2.13. The highest BCUT2D eigenvalue weighted by Crippen LogP contribution is 2.13. The van der Waals surface area contributed by atoms with Crippen molar-refractivity contribution in [2.45, 2.75) is 40.2 Å². The van der Waals surface area contributed by atoms with E-state index in [0.29, 0.717) is 11.7 Å². The van der Waals surface area contributed by atoms with E-state index in [1.54, 1.807) is 13.1 Å². The third-order valence-corrected chi connectivity index (χ3v) is 2.55. The Labute approximate surface area is 114 Å². The number of nitrogens with one attached hydrogen (secondary N) is 1. The Balaban J connectivity index is 2.40. The van der Waals surface area contributed by atoms with E-state index in [1.165, 1.54) is 0 Å². The second kappa shape index (κ2) is 7.56. The summed E-state index contributed by atoms with van der Waals surface area (Å²) in [6.45, 7) is 7.89. The quantitative estimate of drug-likeness (QED) is 0.633. The van der Waals surface area contributed by atoms with Crippen LogP contribution in [0.3, 0.4) is 0 Å². The van der Waals surface area contributed by atoms with Crippen LogP contribution in [0.5, 0.6) is 5.75 Å². The van der Waals surface area contributed by atoms with Crippen LogP contribution in [0, 0.1) is 12.8 Å². The van der Waals surface area contributed by atoms with Gasteiger partial charge in [0.05, 0.1) is 0 Å². The topological polar surface area (TPSA) is 50.7 Å². The number of rotatable bonds is 6. The molecular formula is C15H22N2O2. The number of hydrazone groups is 1. The van der Waals surface area contributed by atoms with Crippen molar-refractivity contribution in [2.24, 2.45) is 11.0 Å². The Bertz CT molecular complexity index is 424. The summed E-state index contributed by atoms with van der Waals surface area (Å²) in [5.74, 6) is 0.960. The normalized spacial score (nSPS) is 12.7. The molecule has 104 valence electrons. The number of nitrogens with zero attached hydrogens (tertiary/aromatic N) is 1. The molecule has 0 saturated heterocycles. The number of amides is 1. The molecule has 0 aliphatic carbocycles. The van der Waals surface area contributed by atoms with Crippen LogP contribution in [0.1, 0.15) is 32.8 Å². The maximum absolute atomic E-state index is 11.7. The van der Waals surface area contributed by atoms with Crippen LogP contribution in [0.4, 0.5) is 0 Å². The van der Waals surface area contributed by atoms with Crippen molar-refractivity contribution in [3.05, 3.63) is 29.8 Å². The van der Waals surface area contributed by atoms with Crippen molar-refractivity contribution in [3.63, 3.8) is 0 Å². The van der Waals surface area contributed by atoms with Crippen molar-refractivity contribution < 1.29 is 9.53 Å². The maximum Gasteiger partial charge on any atom is 0.280 e. The standard InChI is InChI=1S/C15H22N2O2/c1-11(2)9-10-16-17-15(18)13(4)19-14-7-5-12(3)6-8-14/h5-8,10-11,13H,9H2,1-4H3,(H,17,18). The summed E-state index contributed by atoms with van der Waals surface area (Å²) in [5.41, 5.74) is 3.63. The molecule has 19 heavy (non-hydrogen) atoms. The van der Waals surface area contributed by atoms with E-state index in [1.807, 2.05) is 31.2 Å². The molecule has 4 nitrogen and oxygen atoms in total. The van der Waals surface area contributed by atoms with Gasteiger partial charge in [0, 0.05) is 6.21 Å². The number of carbonyl (C=O) groups excluding carboxylic acids is 1. The smallest absolute Gasteiger partial charge is 0.280 e.